The van der Waals surface area contributed by atoms with Gasteiger partial charge in [0.2, 0.25) is 0 Å². The molecule has 5 nitrogen and oxygen atoms in total. The summed E-state index contributed by atoms with van der Waals surface area (Å²) in [5.74, 6) is 1.86. The molecule has 0 unspecified atom stereocenters. The Morgan fingerprint density at radius 3 is 2.43 bits per heavy atom. The van der Waals surface area contributed by atoms with Crippen LogP contribution in [0.5, 0.6) is 0 Å². The molecule has 0 radical (unpaired) electrons. The molecule has 0 saturated carbocycles. The second-order valence-corrected chi connectivity index (χ2v) is 6.52. The number of aromatic nitrogens is 3. The highest BCUT2D eigenvalue weighted by molar-refractivity contribution is 5.48. The standard InChI is InChI=1S/C18H27N5/c1-14-20-15(2)23(21-14)11-3-4-16-5-7-18(8-6-16)22-12-9-17(19)10-13-22/h5-8,17H,3-4,9-13,19H2,1-2H3. The van der Waals surface area contributed by atoms with Gasteiger partial charge in [-0.1, -0.05) is 12.1 Å². The quantitative estimate of drug-likeness (QED) is 0.921. The first-order valence-corrected chi connectivity index (χ1v) is 8.59. The highest BCUT2D eigenvalue weighted by Gasteiger charge is 2.16. The smallest absolute Gasteiger partial charge is 0.147 e. The number of benzene rings is 1. The number of anilines is 1. The lowest BCUT2D eigenvalue weighted by molar-refractivity contribution is 0.501. The van der Waals surface area contributed by atoms with Crippen LogP contribution in [0.25, 0.3) is 0 Å². The number of piperidine rings is 1. The molecule has 1 fully saturated rings. The third-order valence-electron chi connectivity index (χ3n) is 4.64. The zero-order valence-corrected chi connectivity index (χ0v) is 14.2. The summed E-state index contributed by atoms with van der Waals surface area (Å²) in [5.41, 5.74) is 8.68. The fourth-order valence-electron chi connectivity index (χ4n) is 3.24. The molecular weight excluding hydrogens is 286 g/mol. The second-order valence-electron chi connectivity index (χ2n) is 6.52. The van der Waals surface area contributed by atoms with E-state index in [0.29, 0.717) is 6.04 Å². The molecule has 1 aromatic carbocycles. The SMILES string of the molecule is Cc1nc(C)n(CCCc2ccc(N3CCC(N)CC3)cc2)n1. The first-order valence-electron chi connectivity index (χ1n) is 8.59. The lowest BCUT2D eigenvalue weighted by Gasteiger charge is -2.32. The minimum atomic E-state index is 0.384. The van der Waals surface area contributed by atoms with Crippen molar-refractivity contribution < 1.29 is 0 Å². The van der Waals surface area contributed by atoms with Crippen LogP contribution in [0.15, 0.2) is 24.3 Å². The molecule has 0 spiro atoms. The summed E-state index contributed by atoms with van der Waals surface area (Å²) in [7, 11) is 0. The molecule has 2 aromatic rings. The predicted octanol–water partition coefficient (Wildman–Crippen LogP) is 2.46. The lowest BCUT2D eigenvalue weighted by atomic mass is 10.0. The number of nitrogens with zero attached hydrogens (tertiary/aromatic N) is 4. The fraction of sp³-hybridized carbons (Fsp3) is 0.556. The van der Waals surface area contributed by atoms with Crippen LogP contribution in [-0.2, 0) is 13.0 Å². The van der Waals surface area contributed by atoms with E-state index in [-0.39, 0.29) is 0 Å². The van der Waals surface area contributed by atoms with Gasteiger partial charge in [-0.05, 0) is 57.2 Å². The Hall–Kier alpha value is -1.88. The molecule has 0 atom stereocenters. The molecule has 1 saturated heterocycles. The molecule has 0 amide bonds. The molecule has 3 rings (SSSR count). The minimum absolute atomic E-state index is 0.384. The Morgan fingerprint density at radius 1 is 1.13 bits per heavy atom. The maximum atomic E-state index is 5.98. The van der Waals surface area contributed by atoms with Crippen molar-refractivity contribution in [2.75, 3.05) is 18.0 Å². The Balaban J connectivity index is 1.50. The maximum absolute atomic E-state index is 5.98. The molecule has 2 N–H and O–H groups in total. The van der Waals surface area contributed by atoms with E-state index >= 15 is 0 Å². The van der Waals surface area contributed by atoms with E-state index in [9.17, 15) is 0 Å². The summed E-state index contributed by atoms with van der Waals surface area (Å²) in [6, 6.07) is 9.38. The van der Waals surface area contributed by atoms with Crippen molar-refractivity contribution in [3.63, 3.8) is 0 Å². The summed E-state index contributed by atoms with van der Waals surface area (Å²) in [6.07, 6.45) is 4.35. The van der Waals surface area contributed by atoms with Gasteiger partial charge < -0.3 is 10.6 Å². The zero-order valence-electron chi connectivity index (χ0n) is 14.2. The van der Waals surface area contributed by atoms with Crippen molar-refractivity contribution in [3.05, 3.63) is 41.5 Å². The van der Waals surface area contributed by atoms with Crippen LogP contribution in [0.4, 0.5) is 5.69 Å². The number of aryl methyl sites for hydroxylation is 4. The predicted molar refractivity (Wildman–Crippen MR) is 93.7 cm³/mol. The summed E-state index contributed by atoms with van der Waals surface area (Å²) < 4.78 is 2.00. The van der Waals surface area contributed by atoms with Crippen molar-refractivity contribution >= 4 is 5.69 Å². The number of nitrogens with two attached hydrogens (primary N) is 1. The van der Waals surface area contributed by atoms with Crippen molar-refractivity contribution in [3.8, 4) is 0 Å². The average Bonchev–Trinajstić information content (AvgIpc) is 2.87. The van der Waals surface area contributed by atoms with Gasteiger partial charge in [0.05, 0.1) is 0 Å². The van der Waals surface area contributed by atoms with Gasteiger partial charge in [-0.25, -0.2) is 4.98 Å². The van der Waals surface area contributed by atoms with Gasteiger partial charge in [0.25, 0.3) is 0 Å². The van der Waals surface area contributed by atoms with E-state index in [1.54, 1.807) is 0 Å². The summed E-state index contributed by atoms with van der Waals surface area (Å²) in [6.45, 7) is 7.03. The Morgan fingerprint density at radius 2 is 1.83 bits per heavy atom. The highest BCUT2D eigenvalue weighted by atomic mass is 15.3. The van der Waals surface area contributed by atoms with Gasteiger partial charge in [-0.15, -0.1) is 0 Å². The van der Waals surface area contributed by atoms with Crippen LogP contribution in [0.1, 0.15) is 36.5 Å². The first-order chi connectivity index (χ1) is 11.1. The first kappa shape index (κ1) is 16.0. The third kappa shape index (κ3) is 4.10. The van der Waals surface area contributed by atoms with Crippen LogP contribution in [-0.4, -0.2) is 33.9 Å². The second kappa shape index (κ2) is 7.13. The summed E-state index contributed by atoms with van der Waals surface area (Å²) in [4.78, 5) is 6.78. The van der Waals surface area contributed by atoms with E-state index < -0.39 is 0 Å². The molecule has 5 heteroatoms. The topological polar surface area (TPSA) is 60.0 Å². The van der Waals surface area contributed by atoms with Gasteiger partial charge >= 0.3 is 0 Å². The maximum Gasteiger partial charge on any atom is 0.147 e. The molecule has 1 aromatic heterocycles. The van der Waals surface area contributed by atoms with Gasteiger partial charge in [0.1, 0.15) is 11.6 Å². The number of hydrogen-bond acceptors (Lipinski definition) is 4. The van der Waals surface area contributed by atoms with Crippen LogP contribution < -0.4 is 10.6 Å². The van der Waals surface area contributed by atoms with Crippen LogP contribution in [0.2, 0.25) is 0 Å². The molecule has 124 valence electrons. The van der Waals surface area contributed by atoms with Crippen molar-refractivity contribution in [2.45, 2.75) is 52.1 Å². The molecule has 2 heterocycles. The lowest BCUT2D eigenvalue weighted by Crippen LogP contribution is -2.39. The van der Waals surface area contributed by atoms with E-state index in [1.807, 2.05) is 18.5 Å². The number of hydrogen-bond donors (Lipinski definition) is 1. The van der Waals surface area contributed by atoms with E-state index in [1.165, 1.54) is 11.3 Å². The molecule has 1 aliphatic heterocycles. The number of rotatable bonds is 5. The van der Waals surface area contributed by atoms with Gasteiger partial charge in [0.15, 0.2) is 0 Å². The Labute approximate surface area is 138 Å². The van der Waals surface area contributed by atoms with Crippen molar-refractivity contribution in [1.29, 1.82) is 0 Å². The summed E-state index contributed by atoms with van der Waals surface area (Å²) in [5, 5.41) is 4.41. The largest absolute Gasteiger partial charge is 0.371 e. The molecule has 23 heavy (non-hydrogen) atoms. The van der Waals surface area contributed by atoms with E-state index in [4.69, 9.17) is 5.73 Å². The average molecular weight is 313 g/mol. The molecule has 0 bridgehead atoms. The monoisotopic (exact) mass is 313 g/mol. The van der Waals surface area contributed by atoms with Gasteiger partial charge in [-0.3, -0.25) is 4.68 Å². The van der Waals surface area contributed by atoms with Gasteiger partial charge in [-0.2, -0.15) is 5.10 Å². The molecule has 1 aliphatic rings. The molecule has 0 aliphatic carbocycles. The van der Waals surface area contributed by atoms with Crippen molar-refractivity contribution in [2.24, 2.45) is 5.73 Å². The Bertz CT molecular complexity index is 623. The van der Waals surface area contributed by atoms with Crippen LogP contribution in [0, 0.1) is 13.8 Å². The van der Waals surface area contributed by atoms with Crippen LogP contribution >= 0.6 is 0 Å². The van der Waals surface area contributed by atoms with E-state index in [2.05, 4.69) is 39.2 Å². The van der Waals surface area contributed by atoms with Crippen LogP contribution in [0.3, 0.4) is 0 Å². The van der Waals surface area contributed by atoms with Gasteiger partial charge in [0, 0.05) is 31.4 Å². The summed E-state index contributed by atoms with van der Waals surface area (Å²) >= 11 is 0. The normalized spacial score (nSPS) is 16.0. The Kier molecular flexibility index (Phi) is 4.96. The van der Waals surface area contributed by atoms with Crippen molar-refractivity contribution in [1.82, 2.24) is 14.8 Å². The highest BCUT2D eigenvalue weighted by Crippen LogP contribution is 2.20. The molecular formula is C18H27N5. The fourth-order valence-corrected chi connectivity index (χ4v) is 3.24. The zero-order chi connectivity index (χ0) is 16.2. The van der Waals surface area contributed by atoms with E-state index in [0.717, 1.165) is 57.0 Å². The third-order valence-corrected chi connectivity index (χ3v) is 4.64. The minimum Gasteiger partial charge on any atom is -0.371 e.